The fourth-order valence-corrected chi connectivity index (χ4v) is 5.70. The van der Waals surface area contributed by atoms with Gasteiger partial charge >= 0.3 is 0 Å². The zero-order chi connectivity index (χ0) is 26.6. The van der Waals surface area contributed by atoms with Crippen molar-refractivity contribution in [2.45, 2.75) is 45.0 Å². The SMILES string of the molecule is CCOc1ccc2[nH]c(=O)c([C@H](c3nnnn3C[C@H]3CCCO3)N3CCN(Cc4ccccc4)CC3)cc2c1. The van der Waals surface area contributed by atoms with E-state index in [1.54, 1.807) is 0 Å². The van der Waals surface area contributed by atoms with Crippen molar-refractivity contribution in [2.24, 2.45) is 0 Å². The summed E-state index contributed by atoms with van der Waals surface area (Å²) >= 11 is 0. The monoisotopic (exact) mass is 529 g/mol. The predicted molar refractivity (Wildman–Crippen MR) is 148 cm³/mol. The lowest BCUT2D eigenvalue weighted by Gasteiger charge is -2.38. The zero-order valence-electron chi connectivity index (χ0n) is 22.3. The molecule has 1 N–H and O–H groups in total. The smallest absolute Gasteiger partial charge is 0.253 e. The van der Waals surface area contributed by atoms with Gasteiger partial charge in [-0.25, -0.2) is 4.68 Å². The van der Waals surface area contributed by atoms with E-state index < -0.39 is 0 Å². The van der Waals surface area contributed by atoms with Gasteiger partial charge in [-0.15, -0.1) is 5.10 Å². The van der Waals surface area contributed by atoms with Crippen molar-refractivity contribution in [2.75, 3.05) is 39.4 Å². The van der Waals surface area contributed by atoms with E-state index in [0.717, 1.165) is 68.8 Å². The number of tetrazole rings is 1. The van der Waals surface area contributed by atoms with Crippen LogP contribution in [0.5, 0.6) is 5.75 Å². The van der Waals surface area contributed by atoms with E-state index in [1.165, 1.54) is 5.56 Å². The van der Waals surface area contributed by atoms with E-state index in [1.807, 2.05) is 41.9 Å². The summed E-state index contributed by atoms with van der Waals surface area (Å²) in [6.07, 6.45) is 2.11. The highest BCUT2D eigenvalue weighted by atomic mass is 16.5. The molecule has 10 nitrogen and oxygen atoms in total. The minimum atomic E-state index is -0.385. The van der Waals surface area contributed by atoms with E-state index in [4.69, 9.17) is 9.47 Å². The fourth-order valence-electron chi connectivity index (χ4n) is 5.70. The second kappa shape index (κ2) is 11.6. The van der Waals surface area contributed by atoms with Gasteiger partial charge in [-0.05, 0) is 60.0 Å². The number of hydrogen-bond donors (Lipinski definition) is 1. The van der Waals surface area contributed by atoms with Crippen LogP contribution in [-0.4, -0.2) is 80.5 Å². The average Bonchev–Trinajstić information content (AvgIpc) is 3.64. The number of aromatic amines is 1. The molecule has 0 aliphatic carbocycles. The number of fused-ring (bicyclic) bond motifs is 1. The van der Waals surface area contributed by atoms with Gasteiger partial charge in [-0.1, -0.05) is 30.3 Å². The van der Waals surface area contributed by atoms with Crippen LogP contribution in [0, 0.1) is 0 Å². The van der Waals surface area contributed by atoms with Gasteiger partial charge in [0, 0.05) is 55.8 Å². The molecule has 6 rings (SSSR count). The number of ether oxygens (including phenoxy) is 2. The first-order valence-electron chi connectivity index (χ1n) is 13.9. The Morgan fingerprint density at radius 2 is 1.95 bits per heavy atom. The quantitative estimate of drug-likeness (QED) is 0.353. The summed E-state index contributed by atoms with van der Waals surface area (Å²) in [4.78, 5) is 21.4. The first-order chi connectivity index (χ1) is 19.2. The van der Waals surface area contributed by atoms with Crippen LogP contribution in [0.4, 0.5) is 0 Å². The molecule has 2 atom stereocenters. The average molecular weight is 530 g/mol. The van der Waals surface area contributed by atoms with Crippen molar-refractivity contribution >= 4 is 10.9 Å². The summed E-state index contributed by atoms with van der Waals surface area (Å²) < 4.78 is 13.4. The molecule has 2 aromatic carbocycles. The summed E-state index contributed by atoms with van der Waals surface area (Å²) in [6, 6.07) is 17.9. The number of piperazine rings is 1. The molecular formula is C29H35N7O3. The number of hydrogen-bond acceptors (Lipinski definition) is 8. The molecule has 39 heavy (non-hydrogen) atoms. The maximum Gasteiger partial charge on any atom is 0.253 e. The van der Waals surface area contributed by atoms with Crippen LogP contribution < -0.4 is 10.3 Å². The van der Waals surface area contributed by atoms with Crippen LogP contribution in [0.15, 0.2) is 59.4 Å². The van der Waals surface area contributed by atoms with Crippen LogP contribution in [0.25, 0.3) is 10.9 Å². The number of aromatic nitrogens is 5. The van der Waals surface area contributed by atoms with Gasteiger partial charge in [-0.3, -0.25) is 14.6 Å². The topological polar surface area (TPSA) is 101 Å². The molecule has 0 bridgehead atoms. The van der Waals surface area contributed by atoms with Crippen molar-refractivity contribution in [3.8, 4) is 5.75 Å². The number of pyridine rings is 1. The third kappa shape index (κ3) is 5.73. The van der Waals surface area contributed by atoms with Gasteiger partial charge in [0.1, 0.15) is 11.8 Å². The number of nitrogens with zero attached hydrogens (tertiary/aromatic N) is 6. The molecule has 4 heterocycles. The Balaban J connectivity index is 1.33. The number of rotatable bonds is 9. The van der Waals surface area contributed by atoms with Crippen LogP contribution in [0.2, 0.25) is 0 Å². The largest absolute Gasteiger partial charge is 0.494 e. The van der Waals surface area contributed by atoms with Crippen molar-refractivity contribution in [3.63, 3.8) is 0 Å². The van der Waals surface area contributed by atoms with Crippen LogP contribution >= 0.6 is 0 Å². The second-order valence-corrected chi connectivity index (χ2v) is 10.3. The van der Waals surface area contributed by atoms with Crippen LogP contribution in [0.3, 0.4) is 0 Å². The lowest BCUT2D eigenvalue weighted by atomic mass is 10.0. The molecule has 10 heteroatoms. The summed E-state index contributed by atoms with van der Waals surface area (Å²) in [6.45, 7) is 8.15. The first kappa shape index (κ1) is 25.7. The molecule has 2 fully saturated rings. The molecule has 2 saturated heterocycles. The molecule has 0 saturated carbocycles. The van der Waals surface area contributed by atoms with Gasteiger partial charge < -0.3 is 14.5 Å². The lowest BCUT2D eigenvalue weighted by Crippen LogP contribution is -2.48. The Labute approximate surface area is 227 Å². The highest BCUT2D eigenvalue weighted by Gasteiger charge is 2.33. The van der Waals surface area contributed by atoms with Crippen molar-refractivity contribution in [3.05, 3.63) is 81.9 Å². The summed E-state index contributed by atoms with van der Waals surface area (Å²) in [7, 11) is 0. The van der Waals surface area contributed by atoms with Gasteiger partial charge in [0.2, 0.25) is 0 Å². The van der Waals surface area contributed by atoms with E-state index in [9.17, 15) is 4.79 Å². The standard InChI is InChI=1S/C29H35N7O3/c1-2-38-23-10-11-26-22(17-23)18-25(29(37)30-26)27(28-31-32-33-36(28)20-24-9-6-16-39-24)35-14-12-34(13-15-35)19-21-7-4-3-5-8-21/h3-5,7-8,10-11,17-18,24,27H,2,6,9,12-16,19-20H2,1H3,(H,30,37)/t24-,27-/m1/s1. The molecule has 0 amide bonds. The summed E-state index contributed by atoms with van der Waals surface area (Å²) in [5.74, 6) is 1.45. The molecular weight excluding hydrogens is 494 g/mol. The van der Waals surface area contributed by atoms with Gasteiger partial charge in [0.15, 0.2) is 5.82 Å². The predicted octanol–water partition coefficient (Wildman–Crippen LogP) is 3.00. The molecule has 2 aliphatic heterocycles. The molecule has 2 aliphatic rings. The molecule has 0 spiro atoms. The number of nitrogens with one attached hydrogen (secondary N) is 1. The number of benzene rings is 2. The Hall–Kier alpha value is -3.60. The Kier molecular flexibility index (Phi) is 7.67. The molecule has 0 unspecified atom stereocenters. The van der Waals surface area contributed by atoms with Crippen molar-refractivity contribution < 1.29 is 9.47 Å². The minimum Gasteiger partial charge on any atom is -0.494 e. The second-order valence-electron chi connectivity index (χ2n) is 10.3. The normalized spacial score (nSPS) is 19.5. The van der Waals surface area contributed by atoms with Crippen molar-refractivity contribution in [1.82, 2.24) is 35.0 Å². The molecule has 4 aromatic rings. The molecule has 0 radical (unpaired) electrons. The highest BCUT2D eigenvalue weighted by molar-refractivity contribution is 5.80. The summed E-state index contributed by atoms with van der Waals surface area (Å²) in [5.41, 5.74) is 2.59. The summed E-state index contributed by atoms with van der Waals surface area (Å²) in [5, 5.41) is 13.8. The Morgan fingerprint density at radius 1 is 1.10 bits per heavy atom. The maximum absolute atomic E-state index is 13.6. The maximum atomic E-state index is 13.6. The molecule has 204 valence electrons. The zero-order valence-corrected chi connectivity index (χ0v) is 22.3. The van der Waals surface area contributed by atoms with Gasteiger partial charge in [0.25, 0.3) is 5.56 Å². The van der Waals surface area contributed by atoms with E-state index in [2.05, 4.69) is 54.6 Å². The third-order valence-electron chi connectivity index (χ3n) is 7.68. The third-order valence-corrected chi connectivity index (χ3v) is 7.68. The first-order valence-corrected chi connectivity index (χ1v) is 13.9. The van der Waals surface area contributed by atoms with E-state index in [-0.39, 0.29) is 17.7 Å². The molecule has 2 aromatic heterocycles. The Morgan fingerprint density at radius 3 is 2.72 bits per heavy atom. The Bertz CT molecular complexity index is 1440. The lowest BCUT2D eigenvalue weighted by molar-refractivity contribution is 0.0840. The van der Waals surface area contributed by atoms with Crippen molar-refractivity contribution in [1.29, 1.82) is 0 Å². The van der Waals surface area contributed by atoms with Gasteiger partial charge in [-0.2, -0.15) is 0 Å². The van der Waals surface area contributed by atoms with E-state index in [0.29, 0.717) is 24.5 Å². The highest BCUT2D eigenvalue weighted by Crippen LogP contribution is 2.29. The number of H-pyrrole nitrogens is 1. The van der Waals surface area contributed by atoms with E-state index >= 15 is 0 Å². The van der Waals surface area contributed by atoms with Gasteiger partial charge in [0.05, 0.1) is 19.3 Å². The minimum absolute atomic E-state index is 0.0826. The van der Waals surface area contributed by atoms with Crippen LogP contribution in [-0.2, 0) is 17.8 Å². The fraction of sp³-hybridized carbons (Fsp3) is 0.448. The van der Waals surface area contributed by atoms with Crippen LogP contribution in [0.1, 0.15) is 42.8 Å².